The first-order chi connectivity index (χ1) is 9.54. The summed E-state index contributed by atoms with van der Waals surface area (Å²) in [7, 11) is -1.61. The van der Waals surface area contributed by atoms with Crippen molar-refractivity contribution in [1.82, 2.24) is 0 Å². The van der Waals surface area contributed by atoms with E-state index in [1.165, 1.54) is 0 Å². The summed E-state index contributed by atoms with van der Waals surface area (Å²) in [5.74, 6) is 1.08. The normalized spacial score (nSPS) is 18.7. The van der Waals surface area contributed by atoms with Crippen LogP contribution in [-0.2, 0) is 14.6 Å². The minimum absolute atomic E-state index is 0.214. The molecule has 1 unspecified atom stereocenters. The number of para-hydroxylation sites is 1. The van der Waals surface area contributed by atoms with E-state index < -0.39 is 15.1 Å². The van der Waals surface area contributed by atoms with Crippen molar-refractivity contribution in [2.24, 2.45) is 5.92 Å². The van der Waals surface area contributed by atoms with E-state index in [1.807, 2.05) is 18.2 Å². The Morgan fingerprint density at radius 1 is 1.30 bits per heavy atom. The number of benzene rings is 1. The molecule has 1 aromatic carbocycles. The van der Waals surface area contributed by atoms with Crippen LogP contribution in [0.5, 0.6) is 5.75 Å². The van der Waals surface area contributed by atoms with E-state index in [4.69, 9.17) is 9.47 Å². The van der Waals surface area contributed by atoms with Crippen molar-refractivity contribution in [2.45, 2.75) is 25.0 Å². The standard InChI is InChI=1S/C15H22O4S/c1-12(14-5-3-4-6-15(14)18-2)20(16,17)11-13-7-9-19-10-8-13/h3-6,12-13H,7-11H2,1-2H3. The van der Waals surface area contributed by atoms with Crippen molar-refractivity contribution in [3.63, 3.8) is 0 Å². The largest absolute Gasteiger partial charge is 0.496 e. The molecule has 0 radical (unpaired) electrons. The first-order valence-electron chi connectivity index (χ1n) is 6.97. The molecule has 0 aromatic heterocycles. The Labute approximate surface area is 121 Å². The van der Waals surface area contributed by atoms with Crippen LogP contribution in [0, 0.1) is 5.92 Å². The molecular weight excluding hydrogens is 276 g/mol. The summed E-state index contributed by atoms with van der Waals surface area (Å²) in [6.45, 7) is 3.08. The summed E-state index contributed by atoms with van der Waals surface area (Å²) < 4.78 is 35.7. The van der Waals surface area contributed by atoms with E-state index in [0.29, 0.717) is 19.0 Å². The molecule has 0 saturated carbocycles. The second kappa shape index (κ2) is 6.59. The van der Waals surface area contributed by atoms with Gasteiger partial charge in [-0.25, -0.2) is 8.42 Å². The second-order valence-electron chi connectivity index (χ2n) is 5.27. The highest BCUT2D eigenvalue weighted by Gasteiger charge is 2.29. The van der Waals surface area contributed by atoms with Gasteiger partial charge in [0.25, 0.3) is 0 Å². The van der Waals surface area contributed by atoms with Gasteiger partial charge in [-0.15, -0.1) is 0 Å². The van der Waals surface area contributed by atoms with Crippen LogP contribution in [0.25, 0.3) is 0 Å². The Bertz CT molecular complexity index is 533. The van der Waals surface area contributed by atoms with Crippen LogP contribution in [0.15, 0.2) is 24.3 Å². The molecule has 1 heterocycles. The van der Waals surface area contributed by atoms with Crippen LogP contribution < -0.4 is 4.74 Å². The van der Waals surface area contributed by atoms with Gasteiger partial charge in [-0.1, -0.05) is 18.2 Å². The predicted molar refractivity (Wildman–Crippen MR) is 78.7 cm³/mol. The number of rotatable bonds is 5. The molecule has 0 spiro atoms. The highest BCUT2D eigenvalue weighted by molar-refractivity contribution is 7.91. The fourth-order valence-corrected chi connectivity index (χ4v) is 4.44. The first-order valence-corrected chi connectivity index (χ1v) is 8.68. The SMILES string of the molecule is COc1ccccc1C(C)S(=O)(=O)CC1CCOCC1. The van der Waals surface area contributed by atoms with Crippen LogP contribution in [0.1, 0.15) is 30.6 Å². The quantitative estimate of drug-likeness (QED) is 0.838. The molecule has 0 amide bonds. The van der Waals surface area contributed by atoms with Gasteiger partial charge in [0.05, 0.1) is 18.1 Å². The van der Waals surface area contributed by atoms with Gasteiger partial charge in [-0.2, -0.15) is 0 Å². The number of ether oxygens (including phenoxy) is 2. The summed E-state index contributed by atoms with van der Waals surface area (Å²) in [5.41, 5.74) is 0.738. The van der Waals surface area contributed by atoms with Gasteiger partial charge in [0.2, 0.25) is 0 Å². The minimum atomic E-state index is -3.18. The molecule has 1 aromatic rings. The molecule has 1 fully saturated rings. The summed E-state index contributed by atoms with van der Waals surface area (Å²) in [4.78, 5) is 0. The van der Waals surface area contributed by atoms with Crippen LogP contribution in [0.3, 0.4) is 0 Å². The highest BCUT2D eigenvalue weighted by atomic mass is 32.2. The predicted octanol–water partition coefficient (Wildman–Crippen LogP) is 2.60. The van der Waals surface area contributed by atoms with E-state index in [0.717, 1.165) is 18.4 Å². The lowest BCUT2D eigenvalue weighted by atomic mass is 10.0. The van der Waals surface area contributed by atoms with Gasteiger partial charge in [0, 0.05) is 18.8 Å². The minimum Gasteiger partial charge on any atom is -0.496 e. The Morgan fingerprint density at radius 3 is 2.60 bits per heavy atom. The van der Waals surface area contributed by atoms with Crippen molar-refractivity contribution < 1.29 is 17.9 Å². The van der Waals surface area contributed by atoms with E-state index in [9.17, 15) is 8.42 Å². The third-order valence-electron chi connectivity index (χ3n) is 3.92. The van der Waals surface area contributed by atoms with Crippen molar-refractivity contribution in [1.29, 1.82) is 0 Å². The zero-order valence-electron chi connectivity index (χ0n) is 12.0. The molecule has 0 N–H and O–H groups in total. The molecule has 4 nitrogen and oxygen atoms in total. The smallest absolute Gasteiger partial charge is 0.157 e. The maximum atomic E-state index is 12.6. The van der Waals surface area contributed by atoms with Crippen molar-refractivity contribution in [3.05, 3.63) is 29.8 Å². The summed E-state index contributed by atoms with van der Waals surface area (Å²) in [6, 6.07) is 7.32. The Kier molecular flexibility index (Phi) is 5.05. The third-order valence-corrected chi connectivity index (χ3v) is 6.19. The molecule has 0 aliphatic carbocycles. The molecule has 20 heavy (non-hydrogen) atoms. The van der Waals surface area contributed by atoms with E-state index in [-0.39, 0.29) is 11.7 Å². The maximum Gasteiger partial charge on any atom is 0.157 e. The fraction of sp³-hybridized carbons (Fsp3) is 0.600. The Morgan fingerprint density at radius 2 is 1.95 bits per heavy atom. The molecular formula is C15H22O4S. The van der Waals surface area contributed by atoms with Crippen molar-refractivity contribution in [2.75, 3.05) is 26.1 Å². The molecule has 1 aliphatic heterocycles. The molecule has 1 aliphatic rings. The fourth-order valence-electron chi connectivity index (χ4n) is 2.58. The van der Waals surface area contributed by atoms with E-state index in [2.05, 4.69) is 0 Å². The lowest BCUT2D eigenvalue weighted by molar-refractivity contribution is 0.0723. The molecule has 5 heteroatoms. The zero-order valence-corrected chi connectivity index (χ0v) is 12.9. The Balaban J connectivity index is 2.15. The monoisotopic (exact) mass is 298 g/mol. The summed E-state index contributed by atoms with van der Waals surface area (Å²) >= 11 is 0. The van der Waals surface area contributed by atoms with Gasteiger partial charge in [-0.05, 0) is 31.7 Å². The Hall–Kier alpha value is -1.07. The lowest BCUT2D eigenvalue weighted by Crippen LogP contribution is -2.26. The van der Waals surface area contributed by atoms with Gasteiger partial charge in [0.15, 0.2) is 9.84 Å². The van der Waals surface area contributed by atoms with Gasteiger partial charge in [0.1, 0.15) is 5.75 Å². The number of sulfone groups is 1. The third kappa shape index (κ3) is 3.52. The van der Waals surface area contributed by atoms with Crippen molar-refractivity contribution >= 4 is 9.84 Å². The number of methoxy groups -OCH3 is 1. The van der Waals surface area contributed by atoms with Crippen LogP contribution in [-0.4, -0.2) is 34.5 Å². The van der Waals surface area contributed by atoms with Crippen LogP contribution in [0.4, 0.5) is 0 Å². The van der Waals surface area contributed by atoms with Crippen LogP contribution in [0.2, 0.25) is 0 Å². The van der Waals surface area contributed by atoms with Gasteiger partial charge >= 0.3 is 0 Å². The average Bonchev–Trinajstić information content (AvgIpc) is 2.47. The summed E-state index contributed by atoms with van der Waals surface area (Å²) in [6.07, 6.45) is 1.66. The second-order valence-corrected chi connectivity index (χ2v) is 7.64. The molecule has 0 bridgehead atoms. The van der Waals surface area contributed by atoms with Crippen molar-refractivity contribution in [3.8, 4) is 5.75 Å². The lowest BCUT2D eigenvalue weighted by Gasteiger charge is -2.24. The molecule has 1 atom stereocenters. The number of hydrogen-bond acceptors (Lipinski definition) is 4. The van der Waals surface area contributed by atoms with Gasteiger partial charge in [-0.3, -0.25) is 0 Å². The molecule has 1 saturated heterocycles. The maximum absolute atomic E-state index is 12.6. The summed E-state index contributed by atoms with van der Waals surface area (Å²) in [5, 5.41) is -0.540. The molecule has 2 rings (SSSR count). The zero-order chi connectivity index (χ0) is 14.6. The van der Waals surface area contributed by atoms with E-state index >= 15 is 0 Å². The van der Waals surface area contributed by atoms with Gasteiger partial charge < -0.3 is 9.47 Å². The highest BCUT2D eigenvalue weighted by Crippen LogP contribution is 2.32. The topological polar surface area (TPSA) is 52.6 Å². The molecule has 112 valence electrons. The first kappa shape index (κ1) is 15.3. The average molecular weight is 298 g/mol. The van der Waals surface area contributed by atoms with Crippen LogP contribution >= 0.6 is 0 Å². The van der Waals surface area contributed by atoms with E-state index in [1.54, 1.807) is 20.1 Å². The number of hydrogen-bond donors (Lipinski definition) is 0.